The standard InChI is InChI=1S/C7H10FNS/c8-6-1-3-7(4-2-6)9-5-10/h6-7H,1-4H2. The van der Waals surface area contributed by atoms with Crippen molar-refractivity contribution in [1.82, 2.24) is 0 Å². The summed E-state index contributed by atoms with van der Waals surface area (Å²) in [6, 6.07) is 0.254. The number of alkyl halides is 1. The summed E-state index contributed by atoms with van der Waals surface area (Å²) in [5, 5.41) is 2.34. The zero-order chi connectivity index (χ0) is 7.40. The summed E-state index contributed by atoms with van der Waals surface area (Å²) in [5.41, 5.74) is 0. The van der Waals surface area contributed by atoms with E-state index >= 15 is 0 Å². The number of halogens is 1. The molecule has 10 heavy (non-hydrogen) atoms. The molecule has 0 heterocycles. The average Bonchev–Trinajstić information content (AvgIpc) is 1.95. The van der Waals surface area contributed by atoms with Gasteiger partial charge in [0.25, 0.3) is 0 Å². The van der Waals surface area contributed by atoms with Crippen LogP contribution >= 0.6 is 12.2 Å². The Morgan fingerprint density at radius 2 is 1.90 bits per heavy atom. The molecule has 1 fully saturated rings. The summed E-state index contributed by atoms with van der Waals surface area (Å²) >= 11 is 4.45. The van der Waals surface area contributed by atoms with Gasteiger partial charge in [-0.25, -0.2) is 9.38 Å². The molecule has 1 aliphatic rings. The lowest BCUT2D eigenvalue weighted by molar-refractivity contribution is 0.237. The van der Waals surface area contributed by atoms with Gasteiger partial charge in [-0.05, 0) is 37.9 Å². The molecule has 0 saturated heterocycles. The van der Waals surface area contributed by atoms with Crippen molar-refractivity contribution in [2.45, 2.75) is 37.9 Å². The van der Waals surface area contributed by atoms with Crippen molar-refractivity contribution in [2.24, 2.45) is 4.99 Å². The van der Waals surface area contributed by atoms with Crippen LogP contribution in [0.25, 0.3) is 0 Å². The second-order valence-corrected chi connectivity index (χ2v) is 2.81. The fourth-order valence-electron chi connectivity index (χ4n) is 1.24. The quantitative estimate of drug-likeness (QED) is 0.422. The summed E-state index contributed by atoms with van der Waals surface area (Å²) in [6.07, 6.45) is 2.36. The Bertz CT molecular complexity index is 146. The third kappa shape index (κ3) is 2.16. The first-order valence-electron chi connectivity index (χ1n) is 3.54. The smallest absolute Gasteiger partial charge is 0.100 e. The van der Waals surface area contributed by atoms with Crippen molar-refractivity contribution in [3.63, 3.8) is 0 Å². The molecular formula is C7H10FNS. The molecule has 3 heteroatoms. The Morgan fingerprint density at radius 1 is 1.30 bits per heavy atom. The van der Waals surface area contributed by atoms with E-state index in [2.05, 4.69) is 22.4 Å². The number of isothiocyanates is 1. The molecule has 0 spiro atoms. The lowest BCUT2D eigenvalue weighted by Crippen LogP contribution is -2.17. The van der Waals surface area contributed by atoms with Crippen molar-refractivity contribution in [3.05, 3.63) is 0 Å². The Hall–Kier alpha value is -0.270. The van der Waals surface area contributed by atoms with Crippen LogP contribution in [0.5, 0.6) is 0 Å². The number of aliphatic imine (C=N–C) groups is 1. The van der Waals surface area contributed by atoms with Crippen molar-refractivity contribution in [2.75, 3.05) is 0 Å². The first-order valence-corrected chi connectivity index (χ1v) is 3.95. The predicted molar refractivity (Wildman–Crippen MR) is 42.2 cm³/mol. The molecule has 0 aromatic heterocycles. The SMILES string of the molecule is FC1CCC(N=C=S)CC1. The number of rotatable bonds is 1. The number of hydrogen-bond acceptors (Lipinski definition) is 2. The highest BCUT2D eigenvalue weighted by Crippen LogP contribution is 2.22. The van der Waals surface area contributed by atoms with Gasteiger partial charge in [-0.15, -0.1) is 0 Å². The molecule has 56 valence electrons. The molecule has 0 radical (unpaired) electrons. The molecule has 0 aromatic carbocycles. The fraction of sp³-hybridized carbons (Fsp3) is 0.857. The maximum atomic E-state index is 12.5. The number of hydrogen-bond donors (Lipinski definition) is 0. The second kappa shape index (κ2) is 3.79. The Labute approximate surface area is 65.3 Å². The van der Waals surface area contributed by atoms with Crippen LogP contribution in [0.1, 0.15) is 25.7 Å². The van der Waals surface area contributed by atoms with Gasteiger partial charge < -0.3 is 0 Å². The van der Waals surface area contributed by atoms with E-state index in [4.69, 9.17) is 0 Å². The van der Waals surface area contributed by atoms with Crippen molar-refractivity contribution >= 4 is 17.4 Å². The van der Waals surface area contributed by atoms with E-state index in [0.29, 0.717) is 12.8 Å². The van der Waals surface area contributed by atoms with Crippen LogP contribution in [0.15, 0.2) is 4.99 Å². The molecule has 0 aromatic rings. The molecule has 0 unspecified atom stereocenters. The average molecular weight is 159 g/mol. The third-order valence-electron chi connectivity index (χ3n) is 1.86. The maximum absolute atomic E-state index is 12.5. The van der Waals surface area contributed by atoms with Crippen LogP contribution in [-0.4, -0.2) is 17.4 Å². The van der Waals surface area contributed by atoms with E-state index in [1.54, 1.807) is 0 Å². The lowest BCUT2D eigenvalue weighted by atomic mass is 9.95. The van der Waals surface area contributed by atoms with E-state index in [-0.39, 0.29) is 6.04 Å². The van der Waals surface area contributed by atoms with E-state index in [1.165, 1.54) is 0 Å². The van der Waals surface area contributed by atoms with E-state index in [0.717, 1.165) is 12.8 Å². The summed E-state index contributed by atoms with van der Waals surface area (Å²) in [4.78, 5) is 3.92. The molecular weight excluding hydrogens is 149 g/mol. The highest BCUT2D eigenvalue weighted by Gasteiger charge is 2.19. The zero-order valence-electron chi connectivity index (χ0n) is 5.72. The van der Waals surface area contributed by atoms with Gasteiger partial charge in [0.15, 0.2) is 0 Å². The van der Waals surface area contributed by atoms with Crippen LogP contribution in [0.2, 0.25) is 0 Å². The van der Waals surface area contributed by atoms with Gasteiger partial charge >= 0.3 is 0 Å². The summed E-state index contributed by atoms with van der Waals surface area (Å²) in [6.45, 7) is 0. The predicted octanol–water partition coefficient (Wildman–Crippen LogP) is 2.37. The van der Waals surface area contributed by atoms with Crippen molar-refractivity contribution < 1.29 is 4.39 Å². The molecule has 0 bridgehead atoms. The van der Waals surface area contributed by atoms with E-state index < -0.39 is 6.17 Å². The molecule has 0 amide bonds. The zero-order valence-corrected chi connectivity index (χ0v) is 6.53. The van der Waals surface area contributed by atoms with Crippen LogP contribution in [-0.2, 0) is 0 Å². The van der Waals surface area contributed by atoms with Gasteiger partial charge in [0.1, 0.15) is 6.17 Å². The summed E-state index contributed by atoms with van der Waals surface area (Å²) in [5.74, 6) is 0. The van der Waals surface area contributed by atoms with E-state index in [9.17, 15) is 4.39 Å². The monoisotopic (exact) mass is 159 g/mol. The molecule has 0 aliphatic heterocycles. The summed E-state index contributed by atoms with van der Waals surface area (Å²) in [7, 11) is 0. The first-order chi connectivity index (χ1) is 4.83. The molecule has 1 saturated carbocycles. The first kappa shape index (κ1) is 7.83. The largest absolute Gasteiger partial charge is 0.247 e. The lowest BCUT2D eigenvalue weighted by Gasteiger charge is -2.19. The molecule has 1 rings (SSSR count). The minimum absolute atomic E-state index is 0.254. The van der Waals surface area contributed by atoms with Crippen molar-refractivity contribution in [3.8, 4) is 0 Å². The summed E-state index contributed by atoms with van der Waals surface area (Å²) < 4.78 is 12.5. The minimum atomic E-state index is -0.600. The fourth-order valence-corrected chi connectivity index (χ4v) is 1.39. The van der Waals surface area contributed by atoms with Crippen LogP contribution in [0.4, 0.5) is 4.39 Å². The highest BCUT2D eigenvalue weighted by molar-refractivity contribution is 7.78. The van der Waals surface area contributed by atoms with Crippen LogP contribution < -0.4 is 0 Å². The van der Waals surface area contributed by atoms with Crippen molar-refractivity contribution in [1.29, 1.82) is 0 Å². The molecule has 0 atom stereocenters. The van der Waals surface area contributed by atoms with Gasteiger partial charge in [0.2, 0.25) is 0 Å². The van der Waals surface area contributed by atoms with Gasteiger partial charge in [-0.3, -0.25) is 0 Å². The maximum Gasteiger partial charge on any atom is 0.100 e. The Kier molecular flexibility index (Phi) is 2.97. The Balaban J connectivity index is 2.32. The highest BCUT2D eigenvalue weighted by atomic mass is 32.1. The van der Waals surface area contributed by atoms with Gasteiger partial charge in [-0.2, -0.15) is 0 Å². The molecule has 1 nitrogen and oxygen atoms in total. The second-order valence-electron chi connectivity index (χ2n) is 2.63. The van der Waals surface area contributed by atoms with Gasteiger partial charge in [-0.1, -0.05) is 0 Å². The number of thiocarbonyl (C=S) groups is 1. The molecule has 0 N–H and O–H groups in total. The molecule has 1 aliphatic carbocycles. The third-order valence-corrected chi connectivity index (χ3v) is 1.97. The van der Waals surface area contributed by atoms with Crippen LogP contribution in [0.3, 0.4) is 0 Å². The van der Waals surface area contributed by atoms with E-state index in [1.807, 2.05) is 0 Å². The van der Waals surface area contributed by atoms with Gasteiger partial charge in [0, 0.05) is 0 Å². The normalized spacial score (nSPS) is 32.9. The Morgan fingerprint density at radius 3 is 2.40 bits per heavy atom. The minimum Gasteiger partial charge on any atom is -0.247 e. The van der Waals surface area contributed by atoms with Crippen LogP contribution in [0, 0.1) is 0 Å². The van der Waals surface area contributed by atoms with Gasteiger partial charge in [0.05, 0.1) is 11.2 Å². The topological polar surface area (TPSA) is 12.4 Å². The number of nitrogens with zero attached hydrogens (tertiary/aromatic N) is 1.